The number of hydrogen-bond acceptors (Lipinski definition) is 2. The van der Waals surface area contributed by atoms with Gasteiger partial charge in [-0.15, -0.1) is 0 Å². The molecule has 2 nitrogen and oxygen atoms in total. The van der Waals surface area contributed by atoms with Gasteiger partial charge in [0, 0.05) is 12.0 Å². The number of hydrogen-bond donors (Lipinski definition) is 0. The zero-order chi connectivity index (χ0) is 18.4. The van der Waals surface area contributed by atoms with Crippen LogP contribution >= 0.6 is 0 Å². The van der Waals surface area contributed by atoms with Crippen molar-refractivity contribution in [2.24, 2.45) is 11.3 Å². The summed E-state index contributed by atoms with van der Waals surface area (Å²) in [6.07, 6.45) is 7.79. The van der Waals surface area contributed by atoms with Crippen molar-refractivity contribution >= 4 is 5.78 Å². The highest BCUT2D eigenvalue weighted by molar-refractivity contribution is 6.01. The predicted molar refractivity (Wildman–Crippen MR) is 105 cm³/mol. The number of ketones is 1. The molecule has 0 spiro atoms. The third-order valence-corrected chi connectivity index (χ3v) is 4.50. The quantitative estimate of drug-likeness (QED) is 0.616. The molecule has 0 amide bonds. The number of rotatable bonds is 7. The van der Waals surface area contributed by atoms with Crippen molar-refractivity contribution in [1.29, 1.82) is 0 Å². The molecule has 0 bridgehead atoms. The maximum Gasteiger partial charge on any atom is 0.167 e. The van der Waals surface area contributed by atoms with Gasteiger partial charge in [-0.25, -0.2) is 0 Å². The molecule has 0 N–H and O–H groups in total. The van der Waals surface area contributed by atoms with Crippen LogP contribution < -0.4 is 4.74 Å². The maximum absolute atomic E-state index is 12.8. The molecular weight excluding hydrogens is 308 g/mol. The van der Waals surface area contributed by atoms with E-state index < -0.39 is 0 Å². The second-order valence-electron chi connectivity index (χ2n) is 8.42. The Labute approximate surface area is 153 Å². The van der Waals surface area contributed by atoms with E-state index in [2.05, 4.69) is 46.8 Å². The van der Waals surface area contributed by atoms with E-state index in [1.807, 2.05) is 24.3 Å². The number of carbonyl (C=O) groups is 1. The van der Waals surface area contributed by atoms with Crippen LogP contribution in [0.25, 0.3) is 0 Å². The van der Waals surface area contributed by atoms with E-state index in [4.69, 9.17) is 4.74 Å². The summed E-state index contributed by atoms with van der Waals surface area (Å²) in [6, 6.07) is 7.96. The van der Waals surface area contributed by atoms with Gasteiger partial charge >= 0.3 is 0 Å². The summed E-state index contributed by atoms with van der Waals surface area (Å²) in [7, 11) is 0. The largest absolute Gasteiger partial charge is 0.494 e. The molecule has 1 aliphatic rings. The lowest BCUT2D eigenvalue weighted by atomic mass is 9.85. The molecule has 0 radical (unpaired) electrons. The van der Waals surface area contributed by atoms with Crippen LogP contribution in [-0.4, -0.2) is 12.4 Å². The number of benzene rings is 1. The van der Waals surface area contributed by atoms with Gasteiger partial charge in [-0.2, -0.15) is 0 Å². The monoisotopic (exact) mass is 340 g/mol. The number of Topliss-reactive ketones (excluding diaryl/α,β-unsaturated/α-hetero) is 1. The van der Waals surface area contributed by atoms with Crippen molar-refractivity contribution in [3.63, 3.8) is 0 Å². The van der Waals surface area contributed by atoms with E-state index in [0.717, 1.165) is 36.1 Å². The smallest absolute Gasteiger partial charge is 0.167 e. The van der Waals surface area contributed by atoms with Crippen molar-refractivity contribution in [2.75, 3.05) is 6.61 Å². The Morgan fingerprint density at radius 1 is 1.16 bits per heavy atom. The zero-order valence-electron chi connectivity index (χ0n) is 16.4. The summed E-state index contributed by atoms with van der Waals surface area (Å²) >= 11 is 0. The van der Waals surface area contributed by atoms with Gasteiger partial charge in [-0.05, 0) is 53.9 Å². The molecule has 0 atom stereocenters. The second kappa shape index (κ2) is 8.51. The fraction of sp³-hybridized carbons (Fsp3) is 0.522. The van der Waals surface area contributed by atoms with Crippen molar-refractivity contribution in [1.82, 2.24) is 0 Å². The molecule has 2 rings (SSSR count). The van der Waals surface area contributed by atoms with Crippen molar-refractivity contribution in [3.05, 3.63) is 53.1 Å². The minimum Gasteiger partial charge on any atom is -0.494 e. The maximum atomic E-state index is 12.8. The molecule has 0 aliphatic heterocycles. The van der Waals surface area contributed by atoms with Gasteiger partial charge in [-0.3, -0.25) is 4.79 Å². The van der Waals surface area contributed by atoms with Gasteiger partial charge < -0.3 is 4.74 Å². The van der Waals surface area contributed by atoms with Gasteiger partial charge in [0.25, 0.3) is 0 Å². The Kier molecular flexibility index (Phi) is 6.64. The van der Waals surface area contributed by atoms with Gasteiger partial charge in [0.1, 0.15) is 5.75 Å². The lowest BCUT2D eigenvalue weighted by Crippen LogP contribution is -2.14. The number of allylic oxidation sites excluding steroid dienone is 4. The van der Waals surface area contributed by atoms with Crippen LogP contribution in [0.3, 0.4) is 0 Å². The minimum atomic E-state index is 0.214. The first-order valence-corrected chi connectivity index (χ1v) is 9.42. The van der Waals surface area contributed by atoms with E-state index in [1.54, 1.807) is 0 Å². The molecule has 1 aromatic carbocycles. The normalized spacial score (nSPS) is 15.0. The lowest BCUT2D eigenvalue weighted by Gasteiger charge is -2.19. The molecule has 0 saturated heterocycles. The molecule has 1 aliphatic carbocycles. The Balaban J connectivity index is 2.00. The Bertz CT molecular complexity index is 657. The first-order chi connectivity index (χ1) is 11.8. The van der Waals surface area contributed by atoms with E-state index in [-0.39, 0.29) is 11.2 Å². The Hall–Kier alpha value is -1.83. The van der Waals surface area contributed by atoms with Crippen molar-refractivity contribution in [3.8, 4) is 5.75 Å². The van der Waals surface area contributed by atoms with Crippen LogP contribution in [0, 0.1) is 11.3 Å². The van der Waals surface area contributed by atoms with Gasteiger partial charge in [-0.1, -0.05) is 58.9 Å². The van der Waals surface area contributed by atoms with Gasteiger partial charge in [0.15, 0.2) is 5.78 Å². The lowest BCUT2D eigenvalue weighted by molar-refractivity contribution is -0.114. The molecule has 0 fully saturated rings. The first kappa shape index (κ1) is 19.5. The van der Waals surface area contributed by atoms with Crippen molar-refractivity contribution in [2.45, 2.75) is 60.3 Å². The molecule has 1 aromatic rings. The van der Waals surface area contributed by atoms with Crippen LogP contribution in [0.1, 0.15) is 59.4 Å². The molecule has 2 heteroatoms. The number of carbonyl (C=O) groups excluding carboxylic acids is 1. The summed E-state index contributed by atoms with van der Waals surface area (Å²) in [5.74, 6) is 1.46. The predicted octanol–water partition coefficient (Wildman–Crippen LogP) is 5.92. The third-order valence-electron chi connectivity index (χ3n) is 4.50. The zero-order valence-corrected chi connectivity index (χ0v) is 16.4. The van der Waals surface area contributed by atoms with Crippen molar-refractivity contribution < 1.29 is 9.53 Å². The van der Waals surface area contributed by atoms with Gasteiger partial charge in [0.2, 0.25) is 0 Å². The minimum absolute atomic E-state index is 0.214. The van der Waals surface area contributed by atoms with Crippen LogP contribution in [0.4, 0.5) is 0 Å². The van der Waals surface area contributed by atoms with Gasteiger partial charge in [0.05, 0.1) is 6.61 Å². The van der Waals surface area contributed by atoms with E-state index in [0.29, 0.717) is 18.9 Å². The van der Waals surface area contributed by atoms with Crippen LogP contribution in [0.15, 0.2) is 47.6 Å². The molecule has 0 saturated carbocycles. The fourth-order valence-corrected chi connectivity index (χ4v) is 3.02. The average Bonchev–Trinajstić information content (AvgIpc) is 2.54. The summed E-state index contributed by atoms with van der Waals surface area (Å²) in [4.78, 5) is 12.8. The topological polar surface area (TPSA) is 26.3 Å². The summed E-state index contributed by atoms with van der Waals surface area (Å²) in [5, 5.41) is 0. The molecule has 0 heterocycles. The molecule has 136 valence electrons. The molecule has 25 heavy (non-hydrogen) atoms. The van der Waals surface area contributed by atoms with Crippen LogP contribution in [0.2, 0.25) is 0 Å². The first-order valence-electron chi connectivity index (χ1n) is 9.42. The summed E-state index contributed by atoms with van der Waals surface area (Å²) in [5.41, 5.74) is 3.41. The highest BCUT2D eigenvalue weighted by atomic mass is 16.5. The Morgan fingerprint density at radius 3 is 2.56 bits per heavy atom. The second-order valence-corrected chi connectivity index (χ2v) is 8.42. The highest BCUT2D eigenvalue weighted by Crippen LogP contribution is 2.27. The standard InChI is InChI=1S/C23H32O2/c1-17(2)20-11-6-7-12-21(20)22(24)16-18-9-8-10-19(15-18)25-14-13-23(3,4)5/h8-12,15,17H,6-7,13-14,16H2,1-5H3. The molecule has 0 unspecified atom stereocenters. The van der Waals surface area contributed by atoms with Crippen LogP contribution in [-0.2, 0) is 11.2 Å². The third kappa shape index (κ3) is 6.19. The highest BCUT2D eigenvalue weighted by Gasteiger charge is 2.19. The van der Waals surface area contributed by atoms with E-state index >= 15 is 0 Å². The Morgan fingerprint density at radius 2 is 1.88 bits per heavy atom. The average molecular weight is 341 g/mol. The van der Waals surface area contributed by atoms with Crippen LogP contribution in [0.5, 0.6) is 5.75 Å². The SMILES string of the molecule is CC(C)C1=CCCC=C1C(=O)Cc1cccc(OCCC(C)(C)C)c1. The van der Waals surface area contributed by atoms with E-state index in [9.17, 15) is 4.79 Å². The number of ether oxygens (including phenoxy) is 1. The molecule has 0 aromatic heterocycles. The fourth-order valence-electron chi connectivity index (χ4n) is 3.02. The van der Waals surface area contributed by atoms with E-state index in [1.165, 1.54) is 5.57 Å². The summed E-state index contributed by atoms with van der Waals surface area (Å²) in [6.45, 7) is 11.6. The summed E-state index contributed by atoms with van der Waals surface area (Å²) < 4.78 is 5.87. The molecular formula is C23H32O2.